The number of para-hydroxylation sites is 1. The van der Waals surface area contributed by atoms with Crippen molar-refractivity contribution in [3.63, 3.8) is 0 Å². The van der Waals surface area contributed by atoms with E-state index in [1.807, 2.05) is 37.3 Å². The summed E-state index contributed by atoms with van der Waals surface area (Å²) in [6.45, 7) is 11.2. The van der Waals surface area contributed by atoms with Crippen molar-refractivity contribution in [3.05, 3.63) is 59.2 Å². The first-order valence-electron chi connectivity index (χ1n) is 10.2. The van der Waals surface area contributed by atoms with Crippen LogP contribution in [0.25, 0.3) is 6.08 Å². The molecule has 0 aromatic heterocycles. The van der Waals surface area contributed by atoms with Gasteiger partial charge in [0.1, 0.15) is 0 Å². The van der Waals surface area contributed by atoms with Gasteiger partial charge in [-0.25, -0.2) is 0 Å². The molecule has 0 aliphatic rings. The number of benzene rings is 2. The number of carbonyl (C=O) groups excluding carboxylic acids is 1. The SMILES string of the molecule is COc1cc(C=CC(=O)Nc2c(C)cccc2C(C)C)ccc1OCCC(C)C. The molecule has 2 aromatic rings. The van der Waals surface area contributed by atoms with E-state index in [0.29, 0.717) is 24.2 Å². The molecule has 0 unspecified atom stereocenters. The van der Waals surface area contributed by atoms with Crippen LogP contribution in [0, 0.1) is 12.8 Å². The molecule has 0 bridgehead atoms. The van der Waals surface area contributed by atoms with Gasteiger partial charge in [-0.1, -0.05) is 52.0 Å². The third-order valence-corrected chi connectivity index (χ3v) is 4.74. The number of rotatable bonds is 9. The van der Waals surface area contributed by atoms with E-state index in [-0.39, 0.29) is 5.91 Å². The minimum Gasteiger partial charge on any atom is -0.493 e. The lowest BCUT2D eigenvalue weighted by atomic mass is 9.98. The Labute approximate surface area is 174 Å². The summed E-state index contributed by atoms with van der Waals surface area (Å²) in [5, 5.41) is 3.03. The van der Waals surface area contributed by atoms with Crippen LogP contribution in [0.3, 0.4) is 0 Å². The molecule has 2 rings (SSSR count). The zero-order valence-corrected chi connectivity index (χ0v) is 18.4. The summed E-state index contributed by atoms with van der Waals surface area (Å²) >= 11 is 0. The molecular weight excluding hydrogens is 362 g/mol. The largest absolute Gasteiger partial charge is 0.493 e. The predicted octanol–water partition coefficient (Wildman–Crippen LogP) is 6.20. The highest BCUT2D eigenvalue weighted by Crippen LogP contribution is 2.29. The molecule has 29 heavy (non-hydrogen) atoms. The third-order valence-electron chi connectivity index (χ3n) is 4.74. The maximum Gasteiger partial charge on any atom is 0.248 e. The van der Waals surface area contributed by atoms with Gasteiger partial charge in [0, 0.05) is 11.8 Å². The average Bonchev–Trinajstić information content (AvgIpc) is 2.68. The Hall–Kier alpha value is -2.75. The molecule has 1 amide bonds. The molecule has 0 saturated heterocycles. The minimum absolute atomic E-state index is 0.155. The van der Waals surface area contributed by atoms with Crippen molar-refractivity contribution in [3.8, 4) is 11.5 Å². The van der Waals surface area contributed by atoms with Gasteiger partial charge in [0.25, 0.3) is 0 Å². The number of nitrogens with one attached hydrogen (secondary N) is 1. The predicted molar refractivity (Wildman–Crippen MR) is 121 cm³/mol. The quantitative estimate of drug-likeness (QED) is 0.514. The molecule has 0 aliphatic carbocycles. The zero-order valence-electron chi connectivity index (χ0n) is 18.4. The molecule has 4 heteroatoms. The Balaban J connectivity index is 2.09. The van der Waals surface area contributed by atoms with Gasteiger partial charge in [0.2, 0.25) is 5.91 Å². The van der Waals surface area contributed by atoms with Crippen LogP contribution >= 0.6 is 0 Å². The number of ether oxygens (including phenoxy) is 2. The summed E-state index contributed by atoms with van der Waals surface area (Å²) in [7, 11) is 1.62. The molecule has 4 nitrogen and oxygen atoms in total. The lowest BCUT2D eigenvalue weighted by molar-refractivity contribution is -0.111. The van der Waals surface area contributed by atoms with E-state index < -0.39 is 0 Å². The Kier molecular flexibility index (Phi) is 8.32. The second kappa shape index (κ2) is 10.7. The molecule has 0 fully saturated rings. The van der Waals surface area contributed by atoms with Gasteiger partial charge in [0.15, 0.2) is 11.5 Å². The number of hydrogen-bond acceptors (Lipinski definition) is 3. The zero-order chi connectivity index (χ0) is 21.4. The van der Waals surface area contributed by atoms with Crippen LogP contribution in [0.15, 0.2) is 42.5 Å². The van der Waals surface area contributed by atoms with E-state index in [0.717, 1.165) is 34.5 Å². The minimum atomic E-state index is -0.155. The second-order valence-electron chi connectivity index (χ2n) is 7.96. The highest BCUT2D eigenvalue weighted by molar-refractivity contribution is 6.02. The molecule has 0 saturated carbocycles. The number of aryl methyl sites for hydroxylation is 1. The fraction of sp³-hybridized carbons (Fsp3) is 0.400. The molecule has 2 aromatic carbocycles. The Morgan fingerprint density at radius 1 is 1.10 bits per heavy atom. The van der Waals surface area contributed by atoms with Crippen LogP contribution in [-0.2, 0) is 4.79 Å². The molecule has 0 heterocycles. The van der Waals surface area contributed by atoms with Crippen LogP contribution in [-0.4, -0.2) is 19.6 Å². The van der Waals surface area contributed by atoms with Crippen molar-refractivity contribution < 1.29 is 14.3 Å². The molecule has 0 atom stereocenters. The van der Waals surface area contributed by atoms with Crippen LogP contribution in [0.2, 0.25) is 0 Å². The maximum atomic E-state index is 12.5. The highest BCUT2D eigenvalue weighted by atomic mass is 16.5. The van der Waals surface area contributed by atoms with Crippen molar-refractivity contribution >= 4 is 17.7 Å². The van der Waals surface area contributed by atoms with Crippen molar-refractivity contribution in [2.24, 2.45) is 5.92 Å². The highest BCUT2D eigenvalue weighted by Gasteiger charge is 2.11. The maximum absolute atomic E-state index is 12.5. The fourth-order valence-corrected chi connectivity index (χ4v) is 2.99. The lowest BCUT2D eigenvalue weighted by Crippen LogP contribution is -2.11. The van der Waals surface area contributed by atoms with E-state index >= 15 is 0 Å². The van der Waals surface area contributed by atoms with Crippen LogP contribution < -0.4 is 14.8 Å². The van der Waals surface area contributed by atoms with Gasteiger partial charge in [-0.3, -0.25) is 4.79 Å². The summed E-state index contributed by atoms with van der Waals surface area (Å²) in [6.07, 6.45) is 4.32. The van der Waals surface area contributed by atoms with E-state index in [1.165, 1.54) is 0 Å². The number of carbonyl (C=O) groups is 1. The van der Waals surface area contributed by atoms with Gasteiger partial charge >= 0.3 is 0 Å². The Morgan fingerprint density at radius 2 is 1.86 bits per heavy atom. The van der Waals surface area contributed by atoms with Crippen molar-refractivity contribution in [1.29, 1.82) is 0 Å². The monoisotopic (exact) mass is 395 g/mol. The topological polar surface area (TPSA) is 47.6 Å². The van der Waals surface area contributed by atoms with Crippen molar-refractivity contribution in [2.75, 3.05) is 19.0 Å². The number of methoxy groups -OCH3 is 1. The summed E-state index contributed by atoms with van der Waals surface area (Å²) in [4.78, 5) is 12.5. The third kappa shape index (κ3) is 6.67. The van der Waals surface area contributed by atoms with Crippen LogP contribution in [0.5, 0.6) is 11.5 Å². The summed E-state index contributed by atoms with van der Waals surface area (Å²) < 4.78 is 11.3. The van der Waals surface area contributed by atoms with Gasteiger partial charge in [-0.05, 0) is 60.1 Å². The molecule has 156 valence electrons. The number of amides is 1. The Bertz CT molecular complexity index is 853. The summed E-state index contributed by atoms with van der Waals surface area (Å²) in [5.74, 6) is 2.15. The summed E-state index contributed by atoms with van der Waals surface area (Å²) in [5.41, 5.74) is 3.96. The first kappa shape index (κ1) is 22.5. The van der Waals surface area contributed by atoms with E-state index in [1.54, 1.807) is 19.3 Å². The van der Waals surface area contributed by atoms with Gasteiger partial charge in [0.05, 0.1) is 13.7 Å². The second-order valence-corrected chi connectivity index (χ2v) is 7.96. The summed E-state index contributed by atoms with van der Waals surface area (Å²) in [6, 6.07) is 11.8. The van der Waals surface area contributed by atoms with Crippen molar-refractivity contribution in [2.45, 2.75) is 47.0 Å². The number of hydrogen-bond donors (Lipinski definition) is 1. The molecule has 0 aliphatic heterocycles. The van der Waals surface area contributed by atoms with E-state index in [9.17, 15) is 4.79 Å². The molecule has 0 radical (unpaired) electrons. The Morgan fingerprint density at radius 3 is 2.52 bits per heavy atom. The first-order valence-corrected chi connectivity index (χ1v) is 10.2. The van der Waals surface area contributed by atoms with E-state index in [2.05, 4.69) is 39.1 Å². The van der Waals surface area contributed by atoms with Gasteiger partial charge in [-0.15, -0.1) is 0 Å². The first-order chi connectivity index (χ1) is 13.8. The number of anilines is 1. The lowest BCUT2D eigenvalue weighted by Gasteiger charge is -2.15. The van der Waals surface area contributed by atoms with Crippen molar-refractivity contribution in [1.82, 2.24) is 0 Å². The van der Waals surface area contributed by atoms with E-state index in [4.69, 9.17) is 9.47 Å². The average molecular weight is 396 g/mol. The van der Waals surface area contributed by atoms with Crippen LogP contribution in [0.1, 0.15) is 56.7 Å². The van der Waals surface area contributed by atoms with Gasteiger partial charge < -0.3 is 14.8 Å². The normalized spacial score (nSPS) is 11.3. The standard InChI is InChI=1S/C25H33NO3/c1-17(2)14-15-29-22-12-10-20(16-23(22)28-6)11-13-24(27)26-25-19(5)8-7-9-21(25)18(3)4/h7-13,16-18H,14-15H2,1-6H3,(H,26,27). The molecule has 1 N–H and O–H groups in total. The fourth-order valence-electron chi connectivity index (χ4n) is 2.99. The van der Waals surface area contributed by atoms with Crippen LogP contribution in [0.4, 0.5) is 5.69 Å². The molecular formula is C25H33NO3. The smallest absolute Gasteiger partial charge is 0.248 e. The van der Waals surface area contributed by atoms with Gasteiger partial charge in [-0.2, -0.15) is 0 Å². The molecule has 0 spiro atoms.